The van der Waals surface area contributed by atoms with Gasteiger partial charge in [-0.3, -0.25) is 9.79 Å². The van der Waals surface area contributed by atoms with E-state index in [0.717, 1.165) is 11.3 Å². The number of pyridine rings is 1. The molecule has 0 aliphatic carbocycles. The van der Waals surface area contributed by atoms with Crippen molar-refractivity contribution in [1.82, 2.24) is 24.1 Å². The van der Waals surface area contributed by atoms with Crippen LogP contribution in [-0.2, 0) is 16.1 Å². The molecule has 0 fully saturated rings. The second kappa shape index (κ2) is 7.88. The van der Waals surface area contributed by atoms with Crippen LogP contribution in [0.4, 0.5) is 0 Å². The molecule has 0 aromatic carbocycles. The largest absolute Gasteiger partial charge is 0.468 e. The number of carbonyl (C=O) groups is 1. The van der Waals surface area contributed by atoms with Crippen LogP contribution in [0.3, 0.4) is 0 Å². The number of esters is 1. The molecule has 26 heavy (non-hydrogen) atoms. The highest BCUT2D eigenvalue weighted by atomic mass is 35.5. The molecule has 0 N–H and O–H groups in total. The molecule has 8 nitrogen and oxygen atoms in total. The monoisotopic (exact) mass is 392 g/mol. The van der Waals surface area contributed by atoms with Gasteiger partial charge < -0.3 is 9.30 Å². The Balaban J connectivity index is 2.12. The van der Waals surface area contributed by atoms with E-state index in [9.17, 15) is 4.79 Å². The van der Waals surface area contributed by atoms with Crippen LogP contribution < -0.4 is 5.49 Å². The summed E-state index contributed by atoms with van der Waals surface area (Å²) in [6.45, 7) is 2.43. The Labute approximate surface area is 158 Å². The Bertz CT molecular complexity index is 1010. The minimum atomic E-state index is -0.412. The van der Waals surface area contributed by atoms with Gasteiger partial charge in [0.1, 0.15) is 11.7 Å². The topological polar surface area (TPSA) is 86.7 Å². The van der Waals surface area contributed by atoms with Crippen LogP contribution in [0.25, 0.3) is 5.78 Å². The van der Waals surface area contributed by atoms with Crippen molar-refractivity contribution < 1.29 is 9.53 Å². The maximum Gasteiger partial charge on any atom is 0.327 e. The fourth-order valence-corrected chi connectivity index (χ4v) is 2.83. The van der Waals surface area contributed by atoms with E-state index < -0.39 is 5.97 Å². The van der Waals surface area contributed by atoms with E-state index >= 15 is 0 Å². The highest BCUT2D eigenvalue weighted by Crippen LogP contribution is 2.14. The van der Waals surface area contributed by atoms with E-state index in [1.54, 1.807) is 16.8 Å². The zero-order valence-corrected chi connectivity index (χ0v) is 16.1. The van der Waals surface area contributed by atoms with E-state index in [4.69, 9.17) is 11.6 Å². The maximum absolute atomic E-state index is 11.4. The van der Waals surface area contributed by atoms with Crippen LogP contribution >= 0.6 is 23.4 Å². The molecule has 0 saturated heterocycles. The third kappa shape index (κ3) is 3.88. The first-order valence-corrected chi connectivity index (χ1v) is 9.31. The smallest absolute Gasteiger partial charge is 0.327 e. The van der Waals surface area contributed by atoms with Crippen molar-refractivity contribution in [1.29, 1.82) is 0 Å². The van der Waals surface area contributed by atoms with Gasteiger partial charge in [-0.25, -0.2) is 4.98 Å². The summed E-state index contributed by atoms with van der Waals surface area (Å²) in [6.07, 6.45) is 3.63. The maximum atomic E-state index is 11.4. The lowest BCUT2D eigenvalue weighted by molar-refractivity contribution is -0.138. The number of aromatic nitrogens is 5. The number of ether oxygens (including phenoxy) is 1. The molecule has 0 aliphatic rings. The molecule has 3 heterocycles. The molecule has 0 unspecified atom stereocenters. The zero-order chi connectivity index (χ0) is 18.7. The van der Waals surface area contributed by atoms with Crippen molar-refractivity contribution in [3.8, 4) is 0 Å². The van der Waals surface area contributed by atoms with Crippen molar-refractivity contribution in [2.75, 3.05) is 19.9 Å². The molecule has 0 atom stereocenters. The number of aryl methyl sites for hydroxylation is 1. The number of carbonyl (C=O) groups excluding carboxylic acids is 1. The van der Waals surface area contributed by atoms with Crippen molar-refractivity contribution in [2.24, 2.45) is 4.99 Å². The Hall–Kier alpha value is -2.39. The molecular formula is C16H17ClN6O2S. The minimum absolute atomic E-state index is 0.0788. The van der Waals surface area contributed by atoms with Gasteiger partial charge in [-0.05, 0) is 24.8 Å². The predicted octanol–water partition coefficient (Wildman–Crippen LogP) is 1.73. The quantitative estimate of drug-likeness (QED) is 0.373. The summed E-state index contributed by atoms with van der Waals surface area (Å²) in [4.78, 5) is 24.4. The molecule has 0 aliphatic heterocycles. The highest BCUT2D eigenvalue weighted by molar-refractivity contribution is 7.98. The minimum Gasteiger partial charge on any atom is -0.468 e. The number of nitrogens with zero attached hydrogens (tertiary/aromatic N) is 6. The Kier molecular flexibility index (Phi) is 5.58. The third-order valence-electron chi connectivity index (χ3n) is 3.70. The van der Waals surface area contributed by atoms with Crippen LogP contribution in [0.2, 0.25) is 5.15 Å². The predicted molar refractivity (Wildman–Crippen MR) is 98.3 cm³/mol. The lowest BCUT2D eigenvalue weighted by Gasteiger charge is -2.12. The van der Waals surface area contributed by atoms with Crippen LogP contribution in [-0.4, -0.2) is 50.0 Å². The lowest BCUT2D eigenvalue weighted by atomic mass is 10.2. The van der Waals surface area contributed by atoms with E-state index in [1.165, 1.54) is 18.9 Å². The van der Waals surface area contributed by atoms with Gasteiger partial charge in [-0.1, -0.05) is 29.4 Å². The number of rotatable bonds is 5. The third-order valence-corrected chi connectivity index (χ3v) is 4.46. The van der Waals surface area contributed by atoms with Gasteiger partial charge in [0.05, 0.1) is 13.7 Å². The number of methoxy groups -OCH3 is 1. The summed E-state index contributed by atoms with van der Waals surface area (Å²) >= 11 is 7.29. The summed E-state index contributed by atoms with van der Waals surface area (Å²) in [5.41, 5.74) is 2.45. The molecule has 0 saturated carbocycles. The van der Waals surface area contributed by atoms with Crippen LogP contribution in [0.15, 0.2) is 34.5 Å². The summed E-state index contributed by atoms with van der Waals surface area (Å²) in [5.74, 6) is 0.220. The second-order valence-corrected chi connectivity index (χ2v) is 6.58. The van der Waals surface area contributed by atoms with E-state index in [1.807, 2.05) is 29.9 Å². The van der Waals surface area contributed by atoms with Gasteiger partial charge >= 0.3 is 5.97 Å². The van der Waals surface area contributed by atoms with E-state index in [2.05, 4.69) is 24.8 Å². The average molecular weight is 393 g/mol. The summed E-state index contributed by atoms with van der Waals surface area (Å²) in [6, 6.07) is 5.53. The fraction of sp³-hybridized carbons (Fsp3) is 0.312. The molecule has 0 bridgehead atoms. The lowest BCUT2D eigenvalue weighted by Crippen LogP contribution is -2.23. The van der Waals surface area contributed by atoms with E-state index in [0.29, 0.717) is 28.1 Å². The van der Waals surface area contributed by atoms with Crippen LogP contribution in [0.5, 0.6) is 0 Å². The molecule has 0 spiro atoms. The van der Waals surface area contributed by atoms with Gasteiger partial charge in [-0.2, -0.15) is 9.50 Å². The van der Waals surface area contributed by atoms with Gasteiger partial charge in [0.25, 0.3) is 0 Å². The van der Waals surface area contributed by atoms with E-state index in [-0.39, 0.29) is 6.54 Å². The van der Waals surface area contributed by atoms with Crippen LogP contribution in [0, 0.1) is 6.92 Å². The van der Waals surface area contributed by atoms with Gasteiger partial charge in [0.15, 0.2) is 5.49 Å². The normalized spacial score (nSPS) is 11.9. The van der Waals surface area contributed by atoms with Gasteiger partial charge in [0.2, 0.25) is 10.9 Å². The van der Waals surface area contributed by atoms with Crippen LogP contribution in [0.1, 0.15) is 11.3 Å². The highest BCUT2D eigenvalue weighted by Gasteiger charge is 2.12. The van der Waals surface area contributed by atoms with Crippen molar-refractivity contribution in [3.63, 3.8) is 0 Å². The van der Waals surface area contributed by atoms with Gasteiger partial charge in [-0.15, -0.1) is 5.10 Å². The number of hydrogen-bond donors (Lipinski definition) is 0. The molecular weight excluding hydrogens is 376 g/mol. The Morgan fingerprint density at radius 2 is 2.23 bits per heavy atom. The first kappa shape index (κ1) is 18.4. The molecule has 0 radical (unpaired) electrons. The molecule has 10 heteroatoms. The first-order valence-electron chi connectivity index (χ1n) is 7.70. The standard InChI is InChI=1S/C16H17ClN6O2S/c1-10-6-13(19-8-14(24)25-2)23-16(20-15(21-23)26-3)22(10)9-11-4-5-12(17)18-7-11/h4-7H,8-9H2,1-3H3. The molecule has 136 valence electrons. The first-order chi connectivity index (χ1) is 12.5. The Morgan fingerprint density at radius 3 is 2.88 bits per heavy atom. The molecule has 3 aromatic heterocycles. The summed E-state index contributed by atoms with van der Waals surface area (Å²) in [5, 5.41) is 5.52. The number of halogens is 1. The fourth-order valence-electron chi connectivity index (χ4n) is 2.38. The molecule has 3 aromatic rings. The Morgan fingerprint density at radius 1 is 1.42 bits per heavy atom. The SMILES string of the molecule is COC(=O)CN=c1cc(C)n(Cc2ccc(Cl)nc2)c2nc(SC)nn12. The van der Waals surface area contributed by atoms with Crippen molar-refractivity contribution in [2.45, 2.75) is 18.6 Å². The van der Waals surface area contributed by atoms with Crippen molar-refractivity contribution >= 4 is 35.1 Å². The summed E-state index contributed by atoms with van der Waals surface area (Å²) < 4.78 is 8.29. The zero-order valence-electron chi connectivity index (χ0n) is 14.5. The van der Waals surface area contributed by atoms with Gasteiger partial charge in [0, 0.05) is 18.0 Å². The summed E-state index contributed by atoms with van der Waals surface area (Å²) in [7, 11) is 1.33. The molecule has 3 rings (SSSR count). The molecule has 0 amide bonds. The average Bonchev–Trinajstić information content (AvgIpc) is 3.08. The number of fused-ring (bicyclic) bond motifs is 1. The number of hydrogen-bond acceptors (Lipinski definition) is 7. The van der Waals surface area contributed by atoms with Crippen molar-refractivity contribution in [3.05, 3.63) is 46.3 Å². The second-order valence-electron chi connectivity index (χ2n) is 5.42. The number of thioether (sulfide) groups is 1.